The van der Waals surface area contributed by atoms with E-state index >= 15 is 0 Å². The van der Waals surface area contributed by atoms with Gasteiger partial charge in [0, 0.05) is 46.6 Å². The van der Waals surface area contributed by atoms with E-state index in [2.05, 4.69) is 15.0 Å². The number of aromatic nitrogens is 3. The topological polar surface area (TPSA) is 108 Å². The lowest BCUT2D eigenvalue weighted by Gasteiger charge is -2.13. The van der Waals surface area contributed by atoms with Gasteiger partial charge in [0.05, 0.1) is 28.2 Å². The summed E-state index contributed by atoms with van der Waals surface area (Å²) < 4.78 is 17.5. The second-order valence-corrected chi connectivity index (χ2v) is 8.39. The van der Waals surface area contributed by atoms with Gasteiger partial charge in [0.15, 0.2) is 0 Å². The first-order chi connectivity index (χ1) is 15.0. The van der Waals surface area contributed by atoms with E-state index in [-0.39, 0.29) is 6.61 Å². The van der Waals surface area contributed by atoms with Gasteiger partial charge in [0.25, 0.3) is 5.91 Å². The third kappa shape index (κ3) is 4.75. The molecule has 0 aliphatic rings. The number of carbonyl (C=O) groups is 1. The maximum Gasteiger partial charge on any atom is 0.250 e. The Morgan fingerprint density at radius 2 is 1.84 bits per heavy atom. The average molecular weight is 433 g/mol. The Morgan fingerprint density at radius 3 is 2.58 bits per heavy atom. The van der Waals surface area contributed by atoms with Gasteiger partial charge in [-0.15, -0.1) is 0 Å². The van der Waals surface area contributed by atoms with Crippen LogP contribution in [0, 0.1) is 0 Å². The van der Waals surface area contributed by atoms with Crippen molar-refractivity contribution in [1.29, 1.82) is 0 Å². The van der Waals surface area contributed by atoms with Gasteiger partial charge < -0.3 is 10.5 Å². The van der Waals surface area contributed by atoms with Crippen LogP contribution in [0.15, 0.2) is 67.1 Å². The van der Waals surface area contributed by atoms with E-state index in [1.807, 2.05) is 36.4 Å². The lowest BCUT2D eigenvalue weighted by Crippen LogP contribution is -2.15. The van der Waals surface area contributed by atoms with Crippen molar-refractivity contribution in [2.75, 3.05) is 6.26 Å². The highest BCUT2D eigenvalue weighted by molar-refractivity contribution is 7.83. The number of nitrogens with two attached hydrogens (primary N) is 1. The summed E-state index contributed by atoms with van der Waals surface area (Å²) in [5, 5.41) is 0.841. The summed E-state index contributed by atoms with van der Waals surface area (Å²) in [5.74, 6) is 0.478. The molecule has 7 nitrogen and oxygen atoms in total. The van der Waals surface area contributed by atoms with E-state index in [9.17, 15) is 9.00 Å². The molecule has 3 aromatic heterocycles. The third-order valence-electron chi connectivity index (χ3n) is 4.71. The zero-order valence-corrected chi connectivity index (χ0v) is 17.6. The number of amides is 1. The van der Waals surface area contributed by atoms with Gasteiger partial charge in [0.2, 0.25) is 0 Å². The maximum absolute atomic E-state index is 11.7. The van der Waals surface area contributed by atoms with Gasteiger partial charge in [0.1, 0.15) is 12.4 Å². The smallest absolute Gasteiger partial charge is 0.250 e. The summed E-state index contributed by atoms with van der Waals surface area (Å²) in [6.07, 6.45) is 6.72. The molecule has 4 rings (SSSR count). The zero-order chi connectivity index (χ0) is 21.8. The quantitative estimate of drug-likeness (QED) is 0.480. The molecule has 0 aliphatic heterocycles. The largest absolute Gasteiger partial charge is 0.487 e. The number of fused-ring (bicyclic) bond motifs is 1. The lowest BCUT2D eigenvalue weighted by atomic mass is 10.0. The molecule has 3 heterocycles. The fourth-order valence-corrected chi connectivity index (χ4v) is 3.83. The minimum atomic E-state index is -0.948. The van der Waals surface area contributed by atoms with E-state index < -0.39 is 16.7 Å². The van der Waals surface area contributed by atoms with Crippen LogP contribution >= 0.6 is 0 Å². The maximum atomic E-state index is 11.7. The highest BCUT2D eigenvalue weighted by atomic mass is 32.2. The van der Waals surface area contributed by atoms with Gasteiger partial charge in [-0.05, 0) is 48.0 Å². The lowest BCUT2D eigenvalue weighted by molar-refractivity contribution is 0.0997. The van der Waals surface area contributed by atoms with Crippen LogP contribution in [0.25, 0.3) is 22.0 Å². The minimum Gasteiger partial charge on any atom is -0.487 e. The molecule has 1 aromatic carbocycles. The van der Waals surface area contributed by atoms with E-state index in [1.165, 1.54) is 0 Å². The molecule has 8 heteroatoms. The summed E-state index contributed by atoms with van der Waals surface area (Å²) in [6, 6.07) is 14.7. The van der Waals surface area contributed by atoms with Crippen LogP contribution in [0.5, 0.6) is 5.75 Å². The summed E-state index contributed by atoms with van der Waals surface area (Å²) >= 11 is 0. The average Bonchev–Trinajstić information content (AvgIpc) is 2.77. The number of carbonyl (C=O) groups excluding carboxylic acids is 1. The van der Waals surface area contributed by atoms with Gasteiger partial charge in [-0.3, -0.25) is 24.0 Å². The highest BCUT2D eigenvalue weighted by Gasteiger charge is 2.12. The fourth-order valence-electron chi connectivity index (χ4n) is 3.25. The molecule has 0 aliphatic carbocycles. The summed E-state index contributed by atoms with van der Waals surface area (Å²) in [4.78, 5) is 24.8. The number of nitrogens with zero attached hydrogens (tertiary/aromatic N) is 3. The number of rotatable bonds is 7. The van der Waals surface area contributed by atoms with Crippen LogP contribution in [0.3, 0.4) is 0 Å². The van der Waals surface area contributed by atoms with Gasteiger partial charge >= 0.3 is 0 Å². The molecule has 31 heavy (non-hydrogen) atoms. The molecule has 0 bridgehead atoms. The van der Waals surface area contributed by atoms with Gasteiger partial charge in [-0.1, -0.05) is 6.07 Å². The highest BCUT2D eigenvalue weighted by Crippen LogP contribution is 2.32. The molecule has 1 atom stereocenters. The Kier molecular flexibility index (Phi) is 5.99. The van der Waals surface area contributed by atoms with Crippen molar-refractivity contribution in [1.82, 2.24) is 15.0 Å². The van der Waals surface area contributed by atoms with Crippen molar-refractivity contribution in [3.63, 3.8) is 0 Å². The molecule has 0 spiro atoms. The van der Waals surface area contributed by atoms with Crippen molar-refractivity contribution in [3.05, 3.63) is 84.1 Å². The first-order valence-electron chi connectivity index (χ1n) is 9.52. The molecule has 156 valence electrons. The molecule has 2 N–H and O–H groups in total. The first kappa shape index (κ1) is 20.6. The predicted octanol–water partition coefficient (Wildman–Crippen LogP) is 3.25. The van der Waals surface area contributed by atoms with E-state index in [4.69, 9.17) is 10.5 Å². The predicted molar refractivity (Wildman–Crippen MR) is 120 cm³/mol. The Labute approximate surface area is 181 Å². The number of ether oxygens (including phenoxy) is 1. The molecule has 1 unspecified atom stereocenters. The molecular formula is C23H20N4O3S. The summed E-state index contributed by atoms with van der Waals surface area (Å²) in [5.41, 5.74) is 9.55. The Morgan fingerprint density at radius 1 is 1.03 bits per heavy atom. The minimum absolute atomic E-state index is 0.0893. The van der Waals surface area contributed by atoms with Gasteiger partial charge in [-0.25, -0.2) is 0 Å². The molecule has 4 aromatic rings. The van der Waals surface area contributed by atoms with Gasteiger partial charge in [-0.2, -0.15) is 0 Å². The van der Waals surface area contributed by atoms with E-state index in [0.717, 1.165) is 27.7 Å². The van der Waals surface area contributed by atoms with Crippen molar-refractivity contribution in [3.8, 4) is 16.9 Å². The number of primary amides is 1. The molecule has 0 saturated heterocycles. The van der Waals surface area contributed by atoms with Crippen LogP contribution in [-0.4, -0.2) is 31.3 Å². The number of benzene rings is 1. The number of pyridine rings is 3. The summed E-state index contributed by atoms with van der Waals surface area (Å²) in [6.45, 7) is 0.0893. The third-order valence-corrected chi connectivity index (χ3v) is 5.41. The normalized spacial score (nSPS) is 11.9. The second-order valence-electron chi connectivity index (χ2n) is 6.95. The molecule has 1 amide bonds. The van der Waals surface area contributed by atoms with Crippen molar-refractivity contribution in [2.24, 2.45) is 5.73 Å². The van der Waals surface area contributed by atoms with E-state index in [1.54, 1.807) is 37.0 Å². The summed E-state index contributed by atoms with van der Waals surface area (Å²) in [7, 11) is -0.948. The van der Waals surface area contributed by atoms with Crippen LogP contribution in [0.4, 0.5) is 0 Å². The van der Waals surface area contributed by atoms with Crippen molar-refractivity contribution in [2.45, 2.75) is 12.4 Å². The molecular weight excluding hydrogens is 412 g/mol. The standard InChI is InChI=1S/C23H20N4O3S/c1-31(29)14-17-7-6-15(12-27-17)16-10-20-18(4-2-8-25-20)22(11-16)30-13-21-19(23(24)28)5-3-9-26-21/h2-12H,13-14H2,1H3,(H2,24,28). The van der Waals surface area contributed by atoms with Crippen molar-refractivity contribution >= 4 is 27.6 Å². The number of hydrogen-bond donors (Lipinski definition) is 1. The second kappa shape index (κ2) is 9.01. The Balaban J connectivity index is 1.69. The first-order valence-corrected chi connectivity index (χ1v) is 11.2. The van der Waals surface area contributed by atoms with Crippen LogP contribution < -0.4 is 10.5 Å². The zero-order valence-electron chi connectivity index (χ0n) is 16.8. The Bertz CT molecular complexity index is 1280. The van der Waals surface area contributed by atoms with Crippen LogP contribution in [0.1, 0.15) is 21.7 Å². The fraction of sp³-hybridized carbons (Fsp3) is 0.130. The molecule has 0 saturated carbocycles. The van der Waals surface area contributed by atoms with Crippen LogP contribution in [-0.2, 0) is 23.2 Å². The molecule has 0 fully saturated rings. The SMILES string of the molecule is CS(=O)Cc1ccc(-c2cc(OCc3ncccc3C(N)=O)c3cccnc3c2)cn1. The van der Waals surface area contributed by atoms with E-state index in [0.29, 0.717) is 22.8 Å². The molecule has 0 radical (unpaired) electrons. The number of hydrogen-bond acceptors (Lipinski definition) is 6. The Hall–Kier alpha value is -3.65. The monoisotopic (exact) mass is 432 g/mol. The van der Waals surface area contributed by atoms with Crippen LogP contribution in [0.2, 0.25) is 0 Å². The van der Waals surface area contributed by atoms with Crippen molar-refractivity contribution < 1.29 is 13.7 Å².